The number of benzene rings is 1. The smallest absolute Gasteiger partial charge is 0.0504 e. The molecule has 0 radical (unpaired) electrons. The Labute approximate surface area is 137 Å². The van der Waals surface area contributed by atoms with Crippen LogP contribution in [-0.2, 0) is 6.42 Å². The summed E-state index contributed by atoms with van der Waals surface area (Å²) in [5.41, 5.74) is 4.41. The zero-order valence-electron chi connectivity index (χ0n) is 13.7. The standard InChI is InChI=1S/C20H25N3/c1-2-7-17-15(6-1)16-10-12-23-18(14-5-4-11-21-13-14)8-3-9-19(23)20(16)22-17/h1-2,6-7,13-14,18-19,22H,3-5,8-12H2. The first-order valence-corrected chi connectivity index (χ1v) is 9.27. The summed E-state index contributed by atoms with van der Waals surface area (Å²) < 4.78 is 0. The maximum atomic E-state index is 4.59. The van der Waals surface area contributed by atoms with Crippen LogP contribution in [0.5, 0.6) is 0 Å². The predicted molar refractivity (Wildman–Crippen MR) is 95.2 cm³/mol. The molecule has 1 saturated heterocycles. The third kappa shape index (κ3) is 2.17. The Morgan fingerprint density at radius 2 is 2.04 bits per heavy atom. The molecular formula is C20H25N3. The highest BCUT2D eigenvalue weighted by atomic mass is 15.2. The van der Waals surface area contributed by atoms with E-state index in [1.165, 1.54) is 61.7 Å². The molecule has 2 aromatic rings. The molecule has 1 N–H and O–H groups in total. The number of para-hydroxylation sites is 1. The van der Waals surface area contributed by atoms with E-state index in [4.69, 9.17) is 0 Å². The van der Waals surface area contributed by atoms with Crippen LogP contribution in [0.1, 0.15) is 49.4 Å². The summed E-state index contributed by atoms with van der Waals surface area (Å²) in [6, 6.07) is 10.1. The number of hydrogen-bond donors (Lipinski definition) is 1. The first kappa shape index (κ1) is 13.8. The summed E-state index contributed by atoms with van der Waals surface area (Å²) in [4.78, 5) is 11.2. The number of aromatic amines is 1. The molecule has 5 rings (SSSR count). The summed E-state index contributed by atoms with van der Waals surface area (Å²) in [6.07, 6.45) is 10.1. The SMILES string of the molecule is C1=NCCCC1C1CCCC2c3[nH]c4ccccc4c3CCN21. The van der Waals surface area contributed by atoms with Crippen molar-refractivity contribution in [1.29, 1.82) is 0 Å². The van der Waals surface area contributed by atoms with E-state index in [1.54, 1.807) is 5.56 Å². The van der Waals surface area contributed by atoms with Gasteiger partial charge in [-0.05, 0) is 50.2 Å². The molecule has 1 fully saturated rings. The van der Waals surface area contributed by atoms with Crippen LogP contribution < -0.4 is 0 Å². The fraction of sp³-hybridized carbons (Fsp3) is 0.550. The Kier molecular flexibility index (Phi) is 3.29. The molecule has 0 amide bonds. The van der Waals surface area contributed by atoms with Crippen molar-refractivity contribution >= 4 is 17.1 Å². The molecule has 3 heteroatoms. The quantitative estimate of drug-likeness (QED) is 0.845. The lowest BCUT2D eigenvalue weighted by atomic mass is 9.81. The summed E-state index contributed by atoms with van der Waals surface area (Å²) in [6.45, 7) is 2.26. The van der Waals surface area contributed by atoms with Gasteiger partial charge in [-0.1, -0.05) is 18.2 Å². The van der Waals surface area contributed by atoms with Gasteiger partial charge in [0.05, 0.1) is 6.04 Å². The maximum absolute atomic E-state index is 4.59. The first-order valence-electron chi connectivity index (χ1n) is 9.27. The van der Waals surface area contributed by atoms with Crippen LogP contribution in [-0.4, -0.2) is 35.2 Å². The lowest BCUT2D eigenvalue weighted by Crippen LogP contribution is -2.49. The van der Waals surface area contributed by atoms with Crippen LogP contribution in [0.15, 0.2) is 29.3 Å². The molecule has 3 unspecified atom stereocenters. The van der Waals surface area contributed by atoms with Gasteiger partial charge < -0.3 is 4.98 Å². The highest BCUT2D eigenvalue weighted by Crippen LogP contribution is 2.43. The summed E-state index contributed by atoms with van der Waals surface area (Å²) >= 11 is 0. The first-order chi connectivity index (χ1) is 11.4. The molecule has 120 valence electrons. The number of nitrogens with zero attached hydrogens (tertiary/aromatic N) is 2. The third-order valence-corrected chi connectivity index (χ3v) is 6.22. The van der Waals surface area contributed by atoms with Crippen molar-refractivity contribution in [1.82, 2.24) is 9.88 Å². The second-order valence-electron chi connectivity index (χ2n) is 7.43. The van der Waals surface area contributed by atoms with Crippen LogP contribution in [0, 0.1) is 5.92 Å². The highest BCUT2D eigenvalue weighted by Gasteiger charge is 2.39. The van der Waals surface area contributed by atoms with Gasteiger partial charge in [0.25, 0.3) is 0 Å². The van der Waals surface area contributed by atoms with Crippen molar-refractivity contribution < 1.29 is 0 Å². The minimum atomic E-state index is 0.597. The largest absolute Gasteiger partial charge is 0.357 e. The number of hydrogen-bond acceptors (Lipinski definition) is 2. The third-order valence-electron chi connectivity index (χ3n) is 6.22. The Bertz CT molecular complexity index is 744. The molecule has 4 heterocycles. The Morgan fingerprint density at radius 3 is 2.96 bits per heavy atom. The van der Waals surface area contributed by atoms with E-state index in [0.29, 0.717) is 18.0 Å². The van der Waals surface area contributed by atoms with E-state index < -0.39 is 0 Å². The molecule has 1 aromatic carbocycles. The van der Waals surface area contributed by atoms with Crippen LogP contribution >= 0.6 is 0 Å². The average Bonchev–Trinajstić information content (AvgIpc) is 3.01. The van der Waals surface area contributed by atoms with Crippen molar-refractivity contribution in [3.05, 3.63) is 35.5 Å². The Balaban J connectivity index is 1.52. The minimum Gasteiger partial charge on any atom is -0.357 e. The molecule has 0 saturated carbocycles. The molecule has 3 aliphatic heterocycles. The monoisotopic (exact) mass is 307 g/mol. The van der Waals surface area contributed by atoms with Gasteiger partial charge in [0.1, 0.15) is 0 Å². The van der Waals surface area contributed by atoms with Gasteiger partial charge in [0.15, 0.2) is 0 Å². The molecular weight excluding hydrogens is 282 g/mol. The van der Waals surface area contributed by atoms with Gasteiger partial charge in [-0.2, -0.15) is 0 Å². The lowest BCUT2D eigenvalue weighted by molar-refractivity contribution is 0.0512. The van der Waals surface area contributed by atoms with Crippen molar-refractivity contribution in [2.45, 2.75) is 50.6 Å². The topological polar surface area (TPSA) is 31.4 Å². The Morgan fingerprint density at radius 1 is 1.09 bits per heavy atom. The molecule has 3 aliphatic rings. The van der Waals surface area contributed by atoms with Crippen molar-refractivity contribution in [3.63, 3.8) is 0 Å². The molecule has 23 heavy (non-hydrogen) atoms. The van der Waals surface area contributed by atoms with E-state index in [0.717, 1.165) is 6.54 Å². The molecule has 3 nitrogen and oxygen atoms in total. The lowest BCUT2D eigenvalue weighted by Gasteiger charge is -2.47. The number of aromatic nitrogens is 1. The van der Waals surface area contributed by atoms with Gasteiger partial charge in [-0.25, -0.2) is 0 Å². The van der Waals surface area contributed by atoms with E-state index in [2.05, 4.69) is 45.4 Å². The van der Waals surface area contributed by atoms with Crippen LogP contribution in [0.3, 0.4) is 0 Å². The average molecular weight is 307 g/mol. The zero-order valence-corrected chi connectivity index (χ0v) is 13.7. The maximum Gasteiger partial charge on any atom is 0.0504 e. The normalized spacial score (nSPS) is 31.0. The summed E-state index contributed by atoms with van der Waals surface area (Å²) in [7, 11) is 0. The molecule has 1 aromatic heterocycles. The van der Waals surface area contributed by atoms with Gasteiger partial charge in [0.2, 0.25) is 0 Å². The number of nitrogens with one attached hydrogen (secondary N) is 1. The number of rotatable bonds is 1. The van der Waals surface area contributed by atoms with Gasteiger partial charge >= 0.3 is 0 Å². The van der Waals surface area contributed by atoms with E-state index in [9.17, 15) is 0 Å². The van der Waals surface area contributed by atoms with E-state index in [-0.39, 0.29) is 0 Å². The molecule has 3 atom stereocenters. The fourth-order valence-electron chi connectivity index (χ4n) is 5.18. The number of aliphatic imine (C=N–C) groups is 1. The second kappa shape index (κ2) is 5.48. The number of H-pyrrole nitrogens is 1. The number of fused-ring (bicyclic) bond motifs is 5. The molecule has 0 aliphatic carbocycles. The van der Waals surface area contributed by atoms with Crippen LogP contribution in [0.2, 0.25) is 0 Å². The van der Waals surface area contributed by atoms with Crippen LogP contribution in [0.25, 0.3) is 10.9 Å². The summed E-state index contributed by atoms with van der Waals surface area (Å²) in [5.74, 6) is 0.678. The molecule has 0 spiro atoms. The van der Waals surface area contributed by atoms with Crippen LogP contribution in [0.4, 0.5) is 0 Å². The predicted octanol–water partition coefficient (Wildman–Crippen LogP) is 4.10. The second-order valence-corrected chi connectivity index (χ2v) is 7.43. The van der Waals surface area contributed by atoms with E-state index >= 15 is 0 Å². The van der Waals surface area contributed by atoms with Crippen molar-refractivity contribution in [3.8, 4) is 0 Å². The van der Waals surface area contributed by atoms with E-state index in [1.807, 2.05) is 0 Å². The van der Waals surface area contributed by atoms with Gasteiger partial charge in [-0.15, -0.1) is 0 Å². The highest BCUT2D eigenvalue weighted by molar-refractivity contribution is 5.85. The van der Waals surface area contributed by atoms with Gasteiger partial charge in [-0.3, -0.25) is 9.89 Å². The molecule has 0 bridgehead atoms. The fourth-order valence-corrected chi connectivity index (χ4v) is 5.18. The minimum absolute atomic E-state index is 0.597. The summed E-state index contributed by atoms with van der Waals surface area (Å²) in [5, 5.41) is 1.45. The Hall–Kier alpha value is -1.61. The van der Waals surface area contributed by atoms with Crippen molar-refractivity contribution in [2.24, 2.45) is 10.9 Å². The van der Waals surface area contributed by atoms with Gasteiger partial charge in [0, 0.05) is 47.9 Å². The zero-order chi connectivity index (χ0) is 15.2. The van der Waals surface area contributed by atoms with Crippen molar-refractivity contribution in [2.75, 3.05) is 13.1 Å². The number of piperidine rings is 1.